The number of hydrogen-bond donors (Lipinski definition) is 1. The number of halogens is 1. The summed E-state index contributed by atoms with van der Waals surface area (Å²) in [4.78, 5) is 9.43. The molecule has 6 nitrogen and oxygen atoms in total. The van der Waals surface area contributed by atoms with Gasteiger partial charge >= 0.3 is 0 Å². The maximum atomic E-state index is 6.59. The van der Waals surface area contributed by atoms with Gasteiger partial charge < -0.3 is 24.3 Å². The molecule has 1 aromatic heterocycles. The van der Waals surface area contributed by atoms with Crippen LogP contribution in [-0.2, 0) is 24.2 Å². The maximum Gasteiger partial charge on any atom is 0.134 e. The van der Waals surface area contributed by atoms with Crippen molar-refractivity contribution < 1.29 is 9.15 Å². The summed E-state index contributed by atoms with van der Waals surface area (Å²) in [5, 5.41) is 4.19. The molecule has 3 aromatic carbocycles. The van der Waals surface area contributed by atoms with Crippen LogP contribution in [0.3, 0.4) is 0 Å². The van der Waals surface area contributed by atoms with Crippen molar-refractivity contribution in [3.8, 4) is 11.3 Å². The average molecular weight is 635 g/mol. The maximum absolute atomic E-state index is 6.59. The first-order chi connectivity index (χ1) is 22.6. The molecule has 7 heteroatoms. The third kappa shape index (κ3) is 7.09. The van der Waals surface area contributed by atoms with Gasteiger partial charge in [0.2, 0.25) is 0 Å². The van der Waals surface area contributed by atoms with Gasteiger partial charge in [-0.3, -0.25) is 4.99 Å². The quantitative estimate of drug-likeness (QED) is 0.230. The second kappa shape index (κ2) is 14.9. The number of rotatable bonds is 6. The first-order valence-electron chi connectivity index (χ1n) is 16.3. The molecule has 0 atom stereocenters. The molecule has 0 aliphatic carbocycles. The van der Waals surface area contributed by atoms with E-state index in [1.807, 2.05) is 42.8 Å². The number of ether oxygens (including phenoxy) is 1. The van der Waals surface area contributed by atoms with Crippen LogP contribution < -0.4 is 15.1 Å². The summed E-state index contributed by atoms with van der Waals surface area (Å²) in [5.41, 5.74) is 9.47. The van der Waals surface area contributed by atoms with E-state index in [0.29, 0.717) is 19.5 Å². The number of methoxy groups -OCH3 is 1. The van der Waals surface area contributed by atoms with Crippen LogP contribution in [0.4, 0.5) is 11.4 Å². The van der Waals surface area contributed by atoms with Crippen LogP contribution in [0.1, 0.15) is 54.7 Å². The van der Waals surface area contributed by atoms with Gasteiger partial charge in [0.1, 0.15) is 17.3 Å². The highest BCUT2D eigenvalue weighted by atomic mass is 35.5. The summed E-state index contributed by atoms with van der Waals surface area (Å²) in [6.07, 6.45) is 8.57. The highest BCUT2D eigenvalue weighted by Gasteiger charge is 2.26. The van der Waals surface area contributed by atoms with Crippen LogP contribution in [0, 0.1) is 0 Å². The molecule has 0 radical (unpaired) electrons. The number of allylic oxidation sites excluding steroid dienone is 2. The Hall–Kier alpha value is -4.26. The van der Waals surface area contributed by atoms with E-state index < -0.39 is 0 Å². The number of nitrogens with one attached hydrogen (secondary N) is 1. The molecule has 0 unspecified atom stereocenters. The normalized spacial score (nSPS) is 15.8. The molecule has 1 N–H and O–H groups in total. The van der Waals surface area contributed by atoms with E-state index in [9.17, 15) is 0 Å². The molecular weight excluding hydrogens is 592 g/mol. The zero-order valence-electron chi connectivity index (χ0n) is 27.1. The first kappa shape index (κ1) is 31.7. The van der Waals surface area contributed by atoms with Crippen molar-refractivity contribution in [2.45, 2.75) is 46.2 Å². The van der Waals surface area contributed by atoms with Gasteiger partial charge in [-0.05, 0) is 65.2 Å². The number of furan rings is 1. The van der Waals surface area contributed by atoms with Crippen molar-refractivity contribution in [2.75, 3.05) is 43.1 Å². The predicted molar refractivity (Wildman–Crippen MR) is 192 cm³/mol. The van der Waals surface area contributed by atoms with Crippen molar-refractivity contribution in [1.29, 1.82) is 0 Å². The highest BCUT2D eigenvalue weighted by molar-refractivity contribution is 6.30. The smallest absolute Gasteiger partial charge is 0.134 e. The van der Waals surface area contributed by atoms with Gasteiger partial charge in [-0.1, -0.05) is 62.2 Å². The lowest BCUT2D eigenvalue weighted by molar-refractivity contribution is 0.288. The molecular formula is C39H43ClN4O2. The SMILES string of the molecule is CCC.COC1=C(c2ccccc2CN2Cc3oc(-c4ccc(Cl)cc4)cc3Cc3cc(N4CCNCC4)ccc32)C=NC=CC1. The van der Waals surface area contributed by atoms with Crippen molar-refractivity contribution in [1.82, 2.24) is 5.32 Å². The summed E-state index contributed by atoms with van der Waals surface area (Å²) in [6, 6.07) is 25.6. The first-order valence-corrected chi connectivity index (χ1v) is 16.7. The topological polar surface area (TPSA) is 53.2 Å². The third-order valence-corrected chi connectivity index (χ3v) is 8.79. The molecule has 4 aromatic rings. The van der Waals surface area contributed by atoms with Gasteiger partial charge in [-0.2, -0.15) is 0 Å². The van der Waals surface area contributed by atoms with E-state index in [1.165, 1.54) is 34.5 Å². The molecule has 46 heavy (non-hydrogen) atoms. The van der Waals surface area contributed by atoms with E-state index >= 15 is 0 Å². The minimum atomic E-state index is 0.670. The summed E-state index contributed by atoms with van der Waals surface area (Å²) in [5.74, 6) is 2.79. The van der Waals surface area contributed by atoms with Gasteiger partial charge in [0.05, 0.1) is 13.7 Å². The number of fused-ring (bicyclic) bond motifs is 2. The fourth-order valence-corrected chi connectivity index (χ4v) is 6.44. The molecule has 3 aliphatic heterocycles. The largest absolute Gasteiger partial charge is 0.500 e. The van der Waals surface area contributed by atoms with Gasteiger partial charge in [0.15, 0.2) is 0 Å². The van der Waals surface area contributed by atoms with E-state index in [2.05, 4.69) is 82.5 Å². The summed E-state index contributed by atoms with van der Waals surface area (Å²) in [7, 11) is 1.74. The van der Waals surface area contributed by atoms with Gasteiger partial charge in [-0.15, -0.1) is 0 Å². The molecule has 238 valence electrons. The van der Waals surface area contributed by atoms with E-state index in [0.717, 1.165) is 71.6 Å². The monoisotopic (exact) mass is 634 g/mol. The van der Waals surface area contributed by atoms with E-state index in [4.69, 9.17) is 20.8 Å². The third-order valence-electron chi connectivity index (χ3n) is 8.54. The lowest BCUT2D eigenvalue weighted by Gasteiger charge is -2.31. The Morgan fingerprint density at radius 3 is 2.52 bits per heavy atom. The Labute approximate surface area is 278 Å². The van der Waals surface area contributed by atoms with Crippen LogP contribution in [0.25, 0.3) is 16.9 Å². The lowest BCUT2D eigenvalue weighted by Crippen LogP contribution is -2.43. The Morgan fingerprint density at radius 1 is 0.957 bits per heavy atom. The van der Waals surface area contributed by atoms with E-state index in [-0.39, 0.29) is 0 Å². The fraction of sp³-hybridized carbons (Fsp3) is 0.308. The zero-order chi connectivity index (χ0) is 31.9. The van der Waals surface area contributed by atoms with Crippen molar-refractivity contribution in [3.63, 3.8) is 0 Å². The van der Waals surface area contributed by atoms with Crippen LogP contribution in [0.15, 0.2) is 100 Å². The van der Waals surface area contributed by atoms with Crippen LogP contribution in [0.5, 0.6) is 0 Å². The Morgan fingerprint density at radius 2 is 1.74 bits per heavy atom. The number of hydrogen-bond acceptors (Lipinski definition) is 6. The highest BCUT2D eigenvalue weighted by Crippen LogP contribution is 2.38. The number of nitrogens with zero attached hydrogens (tertiary/aromatic N) is 3. The molecule has 0 amide bonds. The number of piperazine rings is 1. The standard InChI is InChI=1S/C36H35ClN4O2.C3H8/c1-42-34-7-4-14-39-22-32(34)31-6-3-2-5-26(31)23-41-24-36-28(21-35(43-36)25-8-10-29(37)11-9-25)19-27-20-30(12-13-33(27)41)40-17-15-38-16-18-40;1-3-2/h2-6,8-14,20-22,38H,7,15-19,23-24H2,1H3;3H2,1-2H3. The van der Waals surface area contributed by atoms with E-state index in [1.54, 1.807) is 7.11 Å². The molecule has 0 bridgehead atoms. The Balaban J connectivity index is 0.00000119. The number of aliphatic imine (C=N–C) groups is 1. The predicted octanol–water partition coefficient (Wildman–Crippen LogP) is 8.88. The Bertz CT molecular complexity index is 1730. The molecule has 1 saturated heterocycles. The van der Waals surface area contributed by atoms with Gasteiger partial charge in [0.25, 0.3) is 0 Å². The molecule has 0 spiro atoms. The van der Waals surface area contributed by atoms with Crippen molar-refractivity contribution in [3.05, 3.63) is 124 Å². The average Bonchev–Trinajstić information content (AvgIpc) is 3.24. The molecule has 1 fully saturated rings. The van der Waals surface area contributed by atoms with Crippen molar-refractivity contribution in [2.24, 2.45) is 4.99 Å². The van der Waals surface area contributed by atoms with Gasteiger partial charge in [-0.25, -0.2) is 0 Å². The summed E-state index contributed by atoms with van der Waals surface area (Å²) >= 11 is 6.18. The minimum Gasteiger partial charge on any atom is -0.500 e. The summed E-state index contributed by atoms with van der Waals surface area (Å²) < 4.78 is 12.4. The fourth-order valence-electron chi connectivity index (χ4n) is 6.31. The summed E-state index contributed by atoms with van der Waals surface area (Å²) in [6.45, 7) is 9.68. The molecule has 0 saturated carbocycles. The van der Waals surface area contributed by atoms with Crippen LogP contribution in [0.2, 0.25) is 5.02 Å². The molecule has 3 aliphatic rings. The lowest BCUT2D eigenvalue weighted by atomic mass is 9.97. The zero-order valence-corrected chi connectivity index (χ0v) is 27.8. The number of benzene rings is 3. The minimum absolute atomic E-state index is 0.670. The number of anilines is 2. The molecule has 4 heterocycles. The van der Waals surface area contributed by atoms with Crippen molar-refractivity contribution >= 4 is 34.8 Å². The van der Waals surface area contributed by atoms with Crippen LogP contribution >= 0.6 is 11.6 Å². The Kier molecular flexibility index (Phi) is 10.3. The van der Waals surface area contributed by atoms with Crippen LogP contribution in [-0.4, -0.2) is 39.5 Å². The molecule has 7 rings (SSSR count). The van der Waals surface area contributed by atoms with Gasteiger partial charge in [0, 0.05) is 91.1 Å². The second-order valence-corrected chi connectivity index (χ2v) is 12.4. The second-order valence-electron chi connectivity index (χ2n) is 11.9.